The van der Waals surface area contributed by atoms with Gasteiger partial charge in [-0.3, -0.25) is 4.79 Å². The molecule has 0 spiro atoms. The van der Waals surface area contributed by atoms with E-state index in [0.29, 0.717) is 12.1 Å². The Morgan fingerprint density at radius 3 is 2.79 bits per heavy atom. The second-order valence-corrected chi connectivity index (χ2v) is 5.05. The zero-order valence-electron chi connectivity index (χ0n) is 11.4. The van der Waals surface area contributed by atoms with Gasteiger partial charge in [-0.05, 0) is 32.4 Å². The van der Waals surface area contributed by atoms with Gasteiger partial charge < -0.3 is 10.2 Å². The molecule has 106 valence electrons. The van der Waals surface area contributed by atoms with Crippen LogP contribution >= 0.6 is 12.4 Å². The number of carbonyl (C=O) groups excluding carboxylic acids is 1. The molecule has 2 unspecified atom stereocenters. The predicted octanol–water partition coefficient (Wildman–Crippen LogP) is 2.38. The van der Waals surface area contributed by atoms with E-state index in [-0.39, 0.29) is 36.0 Å². The molecule has 3 nitrogen and oxygen atoms in total. The van der Waals surface area contributed by atoms with E-state index in [9.17, 15) is 9.18 Å². The molecule has 1 saturated heterocycles. The number of nitrogens with one attached hydrogen (secondary N) is 1. The highest BCUT2D eigenvalue weighted by molar-refractivity contribution is 5.95. The normalized spacial score (nSPS) is 22.8. The molecule has 1 aromatic rings. The molecule has 1 aromatic carbocycles. The van der Waals surface area contributed by atoms with Crippen LogP contribution in [0.25, 0.3) is 0 Å². The van der Waals surface area contributed by atoms with Crippen molar-refractivity contribution in [2.75, 3.05) is 13.1 Å². The van der Waals surface area contributed by atoms with E-state index >= 15 is 0 Å². The summed E-state index contributed by atoms with van der Waals surface area (Å²) in [5.74, 6) is -0.613. The third kappa shape index (κ3) is 3.25. The number of amides is 1. The van der Waals surface area contributed by atoms with Crippen LogP contribution in [-0.2, 0) is 0 Å². The topological polar surface area (TPSA) is 32.3 Å². The number of piperazine rings is 1. The summed E-state index contributed by atoms with van der Waals surface area (Å²) in [6, 6.07) is 5.30. The van der Waals surface area contributed by atoms with Crippen LogP contribution in [0.5, 0.6) is 0 Å². The summed E-state index contributed by atoms with van der Waals surface area (Å²) in [7, 11) is 0. The molecule has 1 aliphatic rings. The summed E-state index contributed by atoms with van der Waals surface area (Å²) in [4.78, 5) is 14.1. The summed E-state index contributed by atoms with van der Waals surface area (Å²) in [5, 5.41) is 3.31. The van der Waals surface area contributed by atoms with Gasteiger partial charge in [-0.1, -0.05) is 12.1 Å². The Morgan fingerprint density at radius 2 is 2.11 bits per heavy atom. The minimum atomic E-state index is -0.402. The van der Waals surface area contributed by atoms with Gasteiger partial charge in [0.2, 0.25) is 0 Å². The highest BCUT2D eigenvalue weighted by Gasteiger charge is 2.28. The van der Waals surface area contributed by atoms with Gasteiger partial charge in [0.05, 0.1) is 5.56 Å². The van der Waals surface area contributed by atoms with Gasteiger partial charge in [0.25, 0.3) is 5.91 Å². The van der Waals surface area contributed by atoms with E-state index in [1.165, 1.54) is 0 Å². The van der Waals surface area contributed by atoms with Crippen molar-refractivity contribution in [3.63, 3.8) is 0 Å². The summed E-state index contributed by atoms with van der Waals surface area (Å²) in [6.45, 7) is 7.05. The molecule has 1 amide bonds. The molecule has 1 aliphatic heterocycles. The second-order valence-electron chi connectivity index (χ2n) is 5.05. The molecule has 0 bridgehead atoms. The first kappa shape index (κ1) is 15.9. The fourth-order valence-electron chi connectivity index (χ4n) is 2.27. The monoisotopic (exact) mass is 286 g/mol. The lowest BCUT2D eigenvalue weighted by Gasteiger charge is -2.37. The molecule has 1 N–H and O–H groups in total. The zero-order chi connectivity index (χ0) is 13.3. The fraction of sp³-hybridized carbons (Fsp3) is 0.500. The Labute approximate surface area is 119 Å². The predicted molar refractivity (Wildman–Crippen MR) is 76.3 cm³/mol. The zero-order valence-corrected chi connectivity index (χ0v) is 12.3. The Balaban J connectivity index is 0.00000180. The maximum atomic E-state index is 14.0. The number of benzene rings is 1. The van der Waals surface area contributed by atoms with Crippen LogP contribution in [-0.4, -0.2) is 36.0 Å². The number of aryl methyl sites for hydroxylation is 1. The molecule has 0 aliphatic carbocycles. The lowest BCUT2D eigenvalue weighted by atomic mass is 10.1. The smallest absolute Gasteiger partial charge is 0.257 e. The Hall–Kier alpha value is -1.13. The van der Waals surface area contributed by atoms with E-state index < -0.39 is 5.82 Å². The quantitative estimate of drug-likeness (QED) is 0.860. The van der Waals surface area contributed by atoms with Crippen molar-refractivity contribution < 1.29 is 9.18 Å². The maximum absolute atomic E-state index is 14.0. The lowest BCUT2D eigenvalue weighted by molar-refractivity contribution is 0.0611. The fourth-order valence-corrected chi connectivity index (χ4v) is 2.27. The van der Waals surface area contributed by atoms with E-state index in [0.717, 1.165) is 6.54 Å². The standard InChI is InChI=1S/C14H19FN2O.ClH/c1-9-5-4-6-12(13(9)15)14(18)17-8-10(2)16-7-11(17)3;/h4-6,10-11,16H,7-8H2,1-3H3;1H. The van der Waals surface area contributed by atoms with Crippen LogP contribution in [0, 0.1) is 12.7 Å². The van der Waals surface area contributed by atoms with Gasteiger partial charge in [0.15, 0.2) is 0 Å². The molecule has 1 fully saturated rings. The Kier molecular flexibility index (Phi) is 5.32. The maximum Gasteiger partial charge on any atom is 0.257 e. The average molecular weight is 287 g/mol. The van der Waals surface area contributed by atoms with Crippen LogP contribution in [0.4, 0.5) is 4.39 Å². The van der Waals surface area contributed by atoms with Crippen molar-refractivity contribution in [3.05, 3.63) is 35.1 Å². The van der Waals surface area contributed by atoms with E-state index in [1.807, 2.05) is 13.8 Å². The average Bonchev–Trinajstić information content (AvgIpc) is 2.35. The summed E-state index contributed by atoms with van der Waals surface area (Å²) in [6.07, 6.45) is 0. The molecular formula is C14H20ClFN2O. The molecule has 19 heavy (non-hydrogen) atoms. The Bertz CT molecular complexity index is 467. The van der Waals surface area contributed by atoms with Crippen LogP contribution in [0.15, 0.2) is 18.2 Å². The van der Waals surface area contributed by atoms with E-state index in [4.69, 9.17) is 0 Å². The van der Waals surface area contributed by atoms with Gasteiger partial charge in [0, 0.05) is 25.2 Å². The minimum absolute atomic E-state index is 0. The SMILES string of the molecule is Cc1cccc(C(=O)N2CC(C)NCC2C)c1F.Cl. The number of carbonyl (C=O) groups is 1. The second kappa shape index (κ2) is 6.35. The number of hydrogen-bond donors (Lipinski definition) is 1. The minimum Gasteiger partial charge on any atom is -0.333 e. The van der Waals surface area contributed by atoms with Crippen molar-refractivity contribution in [2.45, 2.75) is 32.9 Å². The van der Waals surface area contributed by atoms with Crippen molar-refractivity contribution in [2.24, 2.45) is 0 Å². The summed E-state index contributed by atoms with van der Waals surface area (Å²) in [5.41, 5.74) is 0.688. The number of rotatable bonds is 1. The molecule has 2 atom stereocenters. The summed E-state index contributed by atoms with van der Waals surface area (Å²) < 4.78 is 14.0. The third-order valence-corrected chi connectivity index (χ3v) is 3.45. The van der Waals surface area contributed by atoms with Crippen LogP contribution in [0.1, 0.15) is 29.8 Å². The van der Waals surface area contributed by atoms with Gasteiger partial charge in [-0.2, -0.15) is 0 Å². The molecule has 0 radical (unpaired) electrons. The molecule has 1 heterocycles. The first-order valence-corrected chi connectivity index (χ1v) is 6.30. The largest absolute Gasteiger partial charge is 0.333 e. The number of hydrogen-bond acceptors (Lipinski definition) is 2. The highest BCUT2D eigenvalue weighted by atomic mass is 35.5. The third-order valence-electron chi connectivity index (χ3n) is 3.45. The van der Waals surface area contributed by atoms with Crippen molar-refractivity contribution in [1.82, 2.24) is 10.2 Å². The number of nitrogens with zero attached hydrogens (tertiary/aromatic N) is 1. The number of halogens is 2. The van der Waals surface area contributed by atoms with Crippen LogP contribution < -0.4 is 5.32 Å². The highest BCUT2D eigenvalue weighted by Crippen LogP contribution is 2.17. The first-order chi connectivity index (χ1) is 8.50. The van der Waals surface area contributed by atoms with E-state index in [1.54, 1.807) is 30.0 Å². The lowest BCUT2D eigenvalue weighted by Crippen LogP contribution is -2.56. The van der Waals surface area contributed by atoms with Gasteiger partial charge in [0.1, 0.15) is 5.82 Å². The van der Waals surface area contributed by atoms with Crippen LogP contribution in [0.3, 0.4) is 0 Å². The first-order valence-electron chi connectivity index (χ1n) is 6.30. The van der Waals surface area contributed by atoms with Gasteiger partial charge in [-0.25, -0.2) is 4.39 Å². The Morgan fingerprint density at radius 1 is 1.42 bits per heavy atom. The molecule has 0 aromatic heterocycles. The van der Waals surface area contributed by atoms with Gasteiger partial charge in [-0.15, -0.1) is 12.4 Å². The van der Waals surface area contributed by atoms with Crippen molar-refractivity contribution >= 4 is 18.3 Å². The van der Waals surface area contributed by atoms with Gasteiger partial charge >= 0.3 is 0 Å². The molecule has 0 saturated carbocycles. The molecule has 2 rings (SSSR count). The summed E-state index contributed by atoms with van der Waals surface area (Å²) >= 11 is 0. The van der Waals surface area contributed by atoms with E-state index in [2.05, 4.69) is 5.32 Å². The van der Waals surface area contributed by atoms with Crippen LogP contribution in [0.2, 0.25) is 0 Å². The van der Waals surface area contributed by atoms with Crippen molar-refractivity contribution in [3.8, 4) is 0 Å². The molecular weight excluding hydrogens is 267 g/mol. The van der Waals surface area contributed by atoms with Crippen molar-refractivity contribution in [1.29, 1.82) is 0 Å². The molecule has 5 heteroatoms.